The monoisotopic (exact) mass is 460 g/mol. The Labute approximate surface area is 175 Å². The van der Waals surface area contributed by atoms with E-state index in [-0.39, 0.29) is 24.1 Å². The molecule has 1 unspecified atom stereocenters. The number of fused-ring (bicyclic) bond motifs is 1. The quantitative estimate of drug-likeness (QED) is 0.552. The second-order valence-electron chi connectivity index (χ2n) is 7.06. The topological polar surface area (TPSA) is 95.1 Å². The average molecular weight is 461 g/mol. The van der Waals surface area contributed by atoms with E-state index in [9.17, 15) is 9.59 Å². The van der Waals surface area contributed by atoms with Crippen LogP contribution in [0.1, 0.15) is 18.4 Å². The van der Waals surface area contributed by atoms with Crippen LogP contribution in [0.15, 0.2) is 40.3 Å². The lowest BCUT2D eigenvalue weighted by Gasteiger charge is -2.26. The Morgan fingerprint density at radius 2 is 2.31 bits per heavy atom. The Bertz CT molecular complexity index is 1070. The summed E-state index contributed by atoms with van der Waals surface area (Å²) in [5, 5.41) is 4.53. The van der Waals surface area contributed by atoms with Crippen LogP contribution in [-0.2, 0) is 29.7 Å². The maximum absolute atomic E-state index is 13.1. The van der Waals surface area contributed by atoms with Gasteiger partial charge in [0.2, 0.25) is 5.91 Å². The van der Waals surface area contributed by atoms with Crippen molar-refractivity contribution in [3.63, 3.8) is 0 Å². The summed E-state index contributed by atoms with van der Waals surface area (Å²) < 4.78 is 8.98. The summed E-state index contributed by atoms with van der Waals surface area (Å²) >= 11 is 3.30. The SMILES string of the molecule is Cn1nc(Br)c2c(=O)n(CC(=O)N(Cc3cccnc3)CC3CCCO3)cnc21. The minimum Gasteiger partial charge on any atom is -0.376 e. The van der Waals surface area contributed by atoms with Crippen LogP contribution >= 0.6 is 15.9 Å². The van der Waals surface area contributed by atoms with Crippen molar-refractivity contribution in [3.05, 3.63) is 51.4 Å². The Morgan fingerprint density at radius 1 is 1.45 bits per heavy atom. The molecule has 152 valence electrons. The van der Waals surface area contributed by atoms with Gasteiger partial charge in [-0.15, -0.1) is 0 Å². The van der Waals surface area contributed by atoms with Gasteiger partial charge in [-0.2, -0.15) is 5.10 Å². The van der Waals surface area contributed by atoms with Crippen molar-refractivity contribution >= 4 is 32.9 Å². The number of hydrogen-bond donors (Lipinski definition) is 0. The number of hydrogen-bond acceptors (Lipinski definition) is 6. The number of carbonyl (C=O) groups is 1. The standard InChI is InChI=1S/C19H21BrN6O3/c1-24-18-16(17(20)23-24)19(28)26(12-22-18)11-15(27)25(10-14-5-3-7-29-14)9-13-4-2-6-21-8-13/h2,4,6,8,12,14H,3,5,7,9-11H2,1H3. The average Bonchev–Trinajstić information content (AvgIpc) is 3.32. The first-order valence-corrected chi connectivity index (χ1v) is 10.2. The largest absolute Gasteiger partial charge is 0.376 e. The minimum absolute atomic E-state index is 0.0143. The third-order valence-corrected chi connectivity index (χ3v) is 5.53. The predicted octanol–water partition coefficient (Wildman–Crippen LogP) is 1.50. The van der Waals surface area contributed by atoms with Gasteiger partial charge >= 0.3 is 0 Å². The van der Waals surface area contributed by atoms with E-state index in [1.807, 2.05) is 12.1 Å². The summed E-state index contributed by atoms with van der Waals surface area (Å²) in [5.74, 6) is -0.174. The number of carbonyl (C=O) groups excluding carboxylic acids is 1. The van der Waals surface area contributed by atoms with Crippen LogP contribution in [0.2, 0.25) is 0 Å². The van der Waals surface area contributed by atoms with Crippen LogP contribution in [0.3, 0.4) is 0 Å². The van der Waals surface area contributed by atoms with Crippen LogP contribution < -0.4 is 5.56 Å². The molecule has 3 aromatic rings. The number of halogens is 1. The highest BCUT2D eigenvalue weighted by Gasteiger charge is 2.24. The van der Waals surface area contributed by atoms with Crippen molar-refractivity contribution < 1.29 is 9.53 Å². The van der Waals surface area contributed by atoms with Gasteiger partial charge in [0.25, 0.3) is 5.56 Å². The fourth-order valence-corrected chi connectivity index (χ4v) is 4.08. The molecule has 0 N–H and O–H groups in total. The van der Waals surface area contributed by atoms with Gasteiger partial charge in [0.1, 0.15) is 22.9 Å². The molecule has 4 rings (SSSR count). The zero-order valence-electron chi connectivity index (χ0n) is 16.0. The third-order valence-electron chi connectivity index (χ3n) is 4.97. The summed E-state index contributed by atoms with van der Waals surface area (Å²) in [6.07, 6.45) is 6.76. The first-order chi connectivity index (χ1) is 14.0. The van der Waals surface area contributed by atoms with Gasteiger partial charge in [0, 0.05) is 39.1 Å². The molecule has 0 radical (unpaired) electrons. The number of pyridine rings is 1. The van der Waals surface area contributed by atoms with E-state index in [1.54, 1.807) is 24.3 Å². The van der Waals surface area contributed by atoms with Crippen LogP contribution in [0.25, 0.3) is 11.0 Å². The molecule has 9 nitrogen and oxygen atoms in total. The van der Waals surface area contributed by atoms with E-state index in [0.717, 1.165) is 18.4 Å². The van der Waals surface area contributed by atoms with E-state index in [1.165, 1.54) is 15.6 Å². The Kier molecular flexibility index (Phi) is 5.72. The first-order valence-electron chi connectivity index (χ1n) is 9.39. The van der Waals surface area contributed by atoms with Crippen LogP contribution in [0.5, 0.6) is 0 Å². The normalized spacial score (nSPS) is 16.4. The molecule has 10 heteroatoms. The van der Waals surface area contributed by atoms with Crippen LogP contribution in [-0.4, -0.2) is 54.4 Å². The van der Waals surface area contributed by atoms with Crippen molar-refractivity contribution in [2.75, 3.05) is 13.2 Å². The van der Waals surface area contributed by atoms with E-state index in [4.69, 9.17) is 4.74 Å². The second-order valence-corrected chi connectivity index (χ2v) is 7.81. The van der Waals surface area contributed by atoms with Gasteiger partial charge in [-0.1, -0.05) is 6.07 Å². The minimum atomic E-state index is -0.304. The fourth-order valence-electron chi connectivity index (χ4n) is 3.49. The van der Waals surface area contributed by atoms with Crippen molar-refractivity contribution in [2.24, 2.45) is 7.05 Å². The molecule has 0 bridgehead atoms. The summed E-state index contributed by atoms with van der Waals surface area (Å²) in [7, 11) is 1.71. The molecule has 0 spiro atoms. The first kappa shape index (κ1) is 19.7. The van der Waals surface area contributed by atoms with Gasteiger partial charge in [0.05, 0.1) is 6.10 Å². The van der Waals surface area contributed by atoms with Gasteiger partial charge in [-0.05, 0) is 40.4 Å². The van der Waals surface area contributed by atoms with Gasteiger partial charge < -0.3 is 9.64 Å². The molecule has 1 atom stereocenters. The van der Waals surface area contributed by atoms with Crippen LogP contribution in [0, 0.1) is 0 Å². The molecular weight excluding hydrogens is 440 g/mol. The molecular formula is C19H21BrN6O3. The van der Waals surface area contributed by atoms with Gasteiger partial charge in [-0.25, -0.2) is 9.67 Å². The molecule has 3 aromatic heterocycles. The van der Waals surface area contributed by atoms with Gasteiger partial charge in [-0.3, -0.25) is 19.1 Å². The molecule has 1 fully saturated rings. The zero-order chi connectivity index (χ0) is 20.4. The molecule has 1 amide bonds. The number of aromatic nitrogens is 5. The lowest BCUT2D eigenvalue weighted by atomic mass is 10.2. The van der Waals surface area contributed by atoms with Crippen LogP contribution in [0.4, 0.5) is 0 Å². The molecule has 0 saturated carbocycles. The molecule has 4 heterocycles. The highest BCUT2D eigenvalue weighted by atomic mass is 79.9. The lowest BCUT2D eigenvalue weighted by molar-refractivity contribution is -0.134. The van der Waals surface area contributed by atoms with E-state index in [2.05, 4.69) is 31.0 Å². The molecule has 0 aromatic carbocycles. The van der Waals surface area contributed by atoms with E-state index in [0.29, 0.717) is 35.3 Å². The number of ether oxygens (including phenoxy) is 1. The summed E-state index contributed by atoms with van der Waals surface area (Å²) in [4.78, 5) is 36.1. The number of rotatable bonds is 6. The van der Waals surface area contributed by atoms with E-state index < -0.39 is 0 Å². The maximum Gasteiger partial charge on any atom is 0.266 e. The number of nitrogens with zero attached hydrogens (tertiary/aromatic N) is 6. The Hall–Kier alpha value is -2.59. The number of aryl methyl sites for hydroxylation is 1. The van der Waals surface area contributed by atoms with E-state index >= 15 is 0 Å². The maximum atomic E-state index is 13.1. The Morgan fingerprint density at radius 3 is 3.03 bits per heavy atom. The Balaban J connectivity index is 1.58. The molecule has 0 aliphatic carbocycles. The highest BCUT2D eigenvalue weighted by Crippen LogP contribution is 2.18. The number of amides is 1. The summed E-state index contributed by atoms with van der Waals surface area (Å²) in [5.41, 5.74) is 1.09. The summed E-state index contributed by atoms with van der Waals surface area (Å²) in [6, 6.07) is 3.77. The second kappa shape index (κ2) is 8.42. The predicted molar refractivity (Wildman–Crippen MR) is 109 cm³/mol. The van der Waals surface area contributed by atoms with Crippen molar-refractivity contribution in [1.82, 2.24) is 29.2 Å². The molecule has 1 aliphatic heterocycles. The fraction of sp³-hybridized carbons (Fsp3) is 0.421. The van der Waals surface area contributed by atoms with Crippen molar-refractivity contribution in [1.29, 1.82) is 0 Å². The van der Waals surface area contributed by atoms with Crippen molar-refractivity contribution in [2.45, 2.75) is 32.0 Å². The third kappa shape index (κ3) is 4.23. The molecule has 1 aliphatic rings. The van der Waals surface area contributed by atoms with Gasteiger partial charge in [0.15, 0.2) is 5.65 Å². The molecule has 1 saturated heterocycles. The zero-order valence-corrected chi connectivity index (χ0v) is 17.6. The lowest BCUT2D eigenvalue weighted by Crippen LogP contribution is -2.40. The summed E-state index contributed by atoms with van der Waals surface area (Å²) in [6.45, 7) is 1.51. The highest BCUT2D eigenvalue weighted by molar-refractivity contribution is 9.10. The smallest absolute Gasteiger partial charge is 0.266 e. The molecule has 29 heavy (non-hydrogen) atoms. The van der Waals surface area contributed by atoms with Crippen molar-refractivity contribution in [3.8, 4) is 0 Å².